The summed E-state index contributed by atoms with van der Waals surface area (Å²) in [5, 5.41) is 4.63. The third kappa shape index (κ3) is 4.94. The molecule has 0 atom stereocenters. The largest absolute Gasteiger partial charge is 0.313 e. The second-order valence-corrected chi connectivity index (χ2v) is 8.03. The lowest BCUT2D eigenvalue weighted by atomic mass is 9.91. The minimum absolute atomic E-state index is 0.0139. The lowest BCUT2D eigenvalue weighted by Crippen LogP contribution is -2.27. The maximum Gasteiger partial charge on any atom is 0.248 e. The van der Waals surface area contributed by atoms with Gasteiger partial charge < -0.3 is 4.90 Å². The van der Waals surface area contributed by atoms with Crippen molar-refractivity contribution in [1.29, 1.82) is 0 Å². The summed E-state index contributed by atoms with van der Waals surface area (Å²) in [4.78, 5) is 18.3. The van der Waals surface area contributed by atoms with Crippen molar-refractivity contribution in [2.45, 2.75) is 25.7 Å². The summed E-state index contributed by atoms with van der Waals surface area (Å²) >= 11 is 6.14. The summed E-state index contributed by atoms with van der Waals surface area (Å²) in [6.45, 7) is 0.204. The van der Waals surface area contributed by atoms with E-state index < -0.39 is 0 Å². The highest BCUT2D eigenvalue weighted by Crippen LogP contribution is 2.31. The SMILES string of the molecule is C1=Cc2ccccc2NN=C1.CN1C(=O)CN=C(C2=CCCCC2)c2cc(Cl)ccc21. The molecule has 0 unspecified atom stereocenters. The number of likely N-dealkylation sites (N-methyl/N-ethyl adjacent to an activating group) is 1. The molecular weight excluding hydrogens is 408 g/mol. The van der Waals surface area contributed by atoms with E-state index in [1.807, 2.05) is 54.6 Å². The van der Waals surface area contributed by atoms with Gasteiger partial charge in [-0.1, -0.05) is 42.0 Å². The number of carbonyl (C=O) groups is 1. The summed E-state index contributed by atoms with van der Waals surface area (Å²) in [5.74, 6) is 0.0139. The molecule has 2 heterocycles. The molecule has 1 aliphatic carbocycles. The van der Waals surface area contributed by atoms with E-state index in [4.69, 9.17) is 11.6 Å². The van der Waals surface area contributed by atoms with Gasteiger partial charge in [0.25, 0.3) is 0 Å². The second kappa shape index (κ2) is 9.75. The Balaban J connectivity index is 0.000000177. The molecule has 5 nitrogen and oxygen atoms in total. The maximum absolute atomic E-state index is 12.1. The monoisotopic (exact) mass is 432 g/mol. The standard InChI is InChI=1S/C16H17ClN2O.C9H8N2/c1-19-14-8-7-12(17)9-13(14)16(18-10-15(19)20)11-5-3-2-4-6-11;1-2-6-9-8(4-1)5-3-7-10-11-9/h5,7-9H,2-4,6,10H2,1H3;1-7,11H. The van der Waals surface area contributed by atoms with Crippen molar-refractivity contribution in [1.82, 2.24) is 0 Å². The number of benzene rings is 2. The molecule has 2 aliphatic heterocycles. The fourth-order valence-corrected chi connectivity index (χ4v) is 4.00. The molecule has 0 spiro atoms. The van der Waals surface area contributed by atoms with Crippen LogP contribution < -0.4 is 10.3 Å². The number of amides is 1. The fraction of sp³-hybridized carbons (Fsp3) is 0.240. The molecule has 0 bridgehead atoms. The van der Waals surface area contributed by atoms with E-state index in [0.29, 0.717) is 5.02 Å². The van der Waals surface area contributed by atoms with E-state index in [-0.39, 0.29) is 12.5 Å². The number of anilines is 2. The molecule has 6 heteroatoms. The van der Waals surface area contributed by atoms with Crippen LogP contribution in [0.5, 0.6) is 0 Å². The van der Waals surface area contributed by atoms with Crippen LogP contribution in [0.2, 0.25) is 5.02 Å². The maximum atomic E-state index is 12.1. The number of hydrogen-bond donors (Lipinski definition) is 1. The van der Waals surface area contributed by atoms with Gasteiger partial charge in [0.05, 0.1) is 17.1 Å². The van der Waals surface area contributed by atoms with Crippen molar-refractivity contribution < 1.29 is 4.79 Å². The van der Waals surface area contributed by atoms with Crippen molar-refractivity contribution >= 4 is 46.9 Å². The Labute approximate surface area is 187 Å². The lowest BCUT2D eigenvalue weighted by molar-refractivity contribution is -0.116. The molecule has 0 radical (unpaired) electrons. The normalized spacial score (nSPS) is 17.1. The first-order valence-electron chi connectivity index (χ1n) is 10.5. The number of carbonyl (C=O) groups excluding carboxylic acids is 1. The van der Waals surface area contributed by atoms with Crippen LogP contribution in [-0.4, -0.2) is 31.4 Å². The summed E-state index contributed by atoms with van der Waals surface area (Å²) < 4.78 is 0. The number of hydrogen-bond acceptors (Lipinski definition) is 4. The molecule has 1 N–H and O–H groups in total. The quantitative estimate of drug-likeness (QED) is 0.626. The molecule has 2 aromatic rings. The summed E-state index contributed by atoms with van der Waals surface area (Å²) in [5.41, 5.74) is 9.22. The first-order valence-corrected chi connectivity index (χ1v) is 10.9. The van der Waals surface area contributed by atoms with Crippen LogP contribution in [0.25, 0.3) is 6.08 Å². The van der Waals surface area contributed by atoms with Gasteiger partial charge in [0.15, 0.2) is 0 Å². The highest BCUT2D eigenvalue weighted by molar-refractivity contribution is 6.32. The Bertz CT molecular complexity index is 1100. The summed E-state index contributed by atoms with van der Waals surface area (Å²) in [6, 6.07) is 13.7. The van der Waals surface area contributed by atoms with Gasteiger partial charge in [0, 0.05) is 23.8 Å². The molecule has 5 rings (SSSR count). The van der Waals surface area contributed by atoms with Gasteiger partial charge in [0.1, 0.15) is 6.54 Å². The summed E-state index contributed by atoms with van der Waals surface area (Å²) in [7, 11) is 1.79. The van der Waals surface area contributed by atoms with Crippen LogP contribution in [-0.2, 0) is 4.79 Å². The van der Waals surface area contributed by atoms with Crippen LogP contribution in [0.15, 0.2) is 70.3 Å². The van der Waals surface area contributed by atoms with Crippen LogP contribution in [0.4, 0.5) is 11.4 Å². The van der Waals surface area contributed by atoms with Crippen molar-refractivity contribution in [2.24, 2.45) is 10.1 Å². The number of fused-ring (bicyclic) bond motifs is 2. The van der Waals surface area contributed by atoms with Gasteiger partial charge in [-0.25, -0.2) is 0 Å². The molecule has 1 amide bonds. The highest BCUT2D eigenvalue weighted by Gasteiger charge is 2.24. The Morgan fingerprint density at radius 1 is 1.13 bits per heavy atom. The van der Waals surface area contributed by atoms with Crippen LogP contribution in [0.3, 0.4) is 0 Å². The van der Waals surface area contributed by atoms with Gasteiger partial charge in [-0.05, 0) is 67.2 Å². The van der Waals surface area contributed by atoms with Crippen LogP contribution in [0, 0.1) is 0 Å². The average Bonchev–Trinajstić information content (AvgIpc) is 3.11. The number of nitrogens with zero attached hydrogens (tertiary/aromatic N) is 3. The predicted molar refractivity (Wildman–Crippen MR) is 130 cm³/mol. The zero-order chi connectivity index (χ0) is 21.6. The molecule has 0 saturated heterocycles. The molecule has 2 aromatic carbocycles. The lowest BCUT2D eigenvalue weighted by Gasteiger charge is -2.20. The van der Waals surface area contributed by atoms with Crippen LogP contribution in [0.1, 0.15) is 36.8 Å². The zero-order valence-corrected chi connectivity index (χ0v) is 18.3. The number of hydrazone groups is 1. The number of allylic oxidation sites excluding steroid dienone is 3. The van der Waals surface area contributed by atoms with Gasteiger partial charge in [-0.15, -0.1) is 0 Å². The Hall–Kier alpha value is -3.18. The van der Waals surface area contributed by atoms with Gasteiger partial charge in [-0.3, -0.25) is 15.2 Å². The van der Waals surface area contributed by atoms with Crippen molar-refractivity contribution in [3.8, 4) is 0 Å². The molecule has 3 aliphatic rings. The highest BCUT2D eigenvalue weighted by atomic mass is 35.5. The number of aliphatic imine (C=N–C) groups is 1. The Kier molecular flexibility index (Phi) is 6.63. The third-order valence-electron chi connectivity index (χ3n) is 5.50. The fourth-order valence-electron chi connectivity index (χ4n) is 3.83. The van der Waals surface area contributed by atoms with Crippen LogP contribution >= 0.6 is 11.6 Å². The van der Waals surface area contributed by atoms with E-state index in [1.165, 1.54) is 24.0 Å². The Morgan fingerprint density at radius 3 is 2.84 bits per heavy atom. The number of nitrogens with one attached hydrogen (secondary N) is 1. The predicted octanol–water partition coefficient (Wildman–Crippen LogP) is 5.72. The van der Waals surface area contributed by atoms with E-state index in [0.717, 1.165) is 35.5 Å². The Morgan fingerprint density at radius 2 is 2.00 bits per heavy atom. The third-order valence-corrected chi connectivity index (χ3v) is 5.73. The van der Waals surface area contributed by atoms with E-state index in [2.05, 4.69) is 21.6 Å². The summed E-state index contributed by atoms with van der Waals surface area (Å²) in [6.07, 6.45) is 12.5. The van der Waals surface area contributed by atoms with E-state index >= 15 is 0 Å². The molecule has 0 aromatic heterocycles. The minimum Gasteiger partial charge on any atom is -0.313 e. The minimum atomic E-state index is 0.0139. The number of rotatable bonds is 1. The number of benzodiazepines with no additional fused rings is 1. The number of halogens is 1. The van der Waals surface area contributed by atoms with E-state index in [9.17, 15) is 4.79 Å². The molecule has 31 heavy (non-hydrogen) atoms. The number of para-hydroxylation sites is 1. The van der Waals surface area contributed by atoms with Crippen molar-refractivity contribution in [3.05, 3.63) is 76.3 Å². The zero-order valence-electron chi connectivity index (χ0n) is 17.5. The topological polar surface area (TPSA) is 57.1 Å². The second-order valence-electron chi connectivity index (χ2n) is 7.59. The molecule has 0 fully saturated rings. The first kappa shape index (κ1) is 21.1. The first-order chi connectivity index (χ1) is 15.1. The molecular formula is C25H25ClN4O. The van der Waals surface area contributed by atoms with E-state index in [1.54, 1.807) is 18.2 Å². The van der Waals surface area contributed by atoms with Gasteiger partial charge >= 0.3 is 0 Å². The van der Waals surface area contributed by atoms with Gasteiger partial charge in [0.2, 0.25) is 5.91 Å². The van der Waals surface area contributed by atoms with Gasteiger partial charge in [-0.2, -0.15) is 5.10 Å². The molecule has 158 valence electrons. The van der Waals surface area contributed by atoms with Crippen molar-refractivity contribution in [2.75, 3.05) is 23.9 Å². The smallest absolute Gasteiger partial charge is 0.248 e. The average molecular weight is 433 g/mol. The van der Waals surface area contributed by atoms with Crippen molar-refractivity contribution in [3.63, 3.8) is 0 Å². The molecule has 0 saturated carbocycles.